The molecule has 136 valence electrons. The molecule has 1 N–H and O–H groups in total. The quantitative estimate of drug-likeness (QED) is 0.709. The van der Waals surface area contributed by atoms with E-state index in [2.05, 4.69) is 55.4 Å². The summed E-state index contributed by atoms with van der Waals surface area (Å²) in [6.45, 7) is 7.51. The van der Waals surface area contributed by atoms with Crippen LogP contribution in [0.25, 0.3) is 0 Å². The van der Waals surface area contributed by atoms with Gasteiger partial charge in [-0.1, -0.05) is 43.3 Å². The van der Waals surface area contributed by atoms with Crippen LogP contribution in [0.4, 0.5) is 0 Å². The standard InChI is InChI=1S/C20H29N3O2/c1-5-6-16(11-13-23-15-18(12-14-24)21-22-23)20(2,3)17-7-9-19(25-4)10-8-17/h5-10,15-16,24H,11-14H2,1-4H3/b6-5+/t16-/m1/s1. The lowest BCUT2D eigenvalue weighted by molar-refractivity contribution is 0.298. The van der Waals surface area contributed by atoms with Gasteiger partial charge in [0.05, 0.1) is 12.8 Å². The molecule has 0 saturated heterocycles. The Balaban J connectivity index is 2.11. The Bertz CT molecular complexity index is 675. The van der Waals surface area contributed by atoms with Gasteiger partial charge in [0, 0.05) is 25.8 Å². The van der Waals surface area contributed by atoms with Gasteiger partial charge in [0.1, 0.15) is 5.75 Å². The van der Waals surface area contributed by atoms with Gasteiger partial charge in [0.15, 0.2) is 0 Å². The molecule has 2 rings (SSSR count). The Hall–Kier alpha value is -2.14. The molecule has 2 aromatic rings. The predicted octanol–water partition coefficient (Wildman–Crippen LogP) is 3.38. The molecule has 0 unspecified atom stereocenters. The van der Waals surface area contributed by atoms with E-state index in [0.29, 0.717) is 12.3 Å². The minimum atomic E-state index is -0.00666. The third-order valence-corrected chi connectivity index (χ3v) is 4.81. The highest BCUT2D eigenvalue weighted by atomic mass is 16.5. The van der Waals surface area contributed by atoms with E-state index in [-0.39, 0.29) is 12.0 Å². The van der Waals surface area contributed by atoms with E-state index < -0.39 is 0 Å². The molecule has 0 amide bonds. The summed E-state index contributed by atoms with van der Waals surface area (Å²) in [6, 6.07) is 8.32. The number of hydrogen-bond donors (Lipinski definition) is 1. The SMILES string of the molecule is C/C=C/[C@H](CCn1cc(CCO)nn1)C(C)(C)c1ccc(OC)cc1. The molecular formula is C20H29N3O2. The van der Waals surface area contributed by atoms with Gasteiger partial charge in [0.25, 0.3) is 0 Å². The van der Waals surface area contributed by atoms with Crippen LogP contribution in [-0.4, -0.2) is 33.8 Å². The Labute approximate surface area is 150 Å². The molecule has 1 heterocycles. The largest absolute Gasteiger partial charge is 0.497 e. The van der Waals surface area contributed by atoms with Gasteiger partial charge in [-0.25, -0.2) is 0 Å². The van der Waals surface area contributed by atoms with Crippen LogP contribution in [-0.2, 0) is 18.4 Å². The van der Waals surface area contributed by atoms with Crippen molar-refractivity contribution in [2.24, 2.45) is 5.92 Å². The molecule has 0 saturated carbocycles. The van der Waals surface area contributed by atoms with E-state index in [1.165, 1.54) is 5.56 Å². The molecule has 0 radical (unpaired) electrons. The number of aliphatic hydroxyl groups excluding tert-OH is 1. The summed E-state index contributed by atoms with van der Waals surface area (Å²) in [5.41, 5.74) is 2.11. The van der Waals surface area contributed by atoms with Gasteiger partial charge in [-0.3, -0.25) is 4.68 Å². The Morgan fingerprint density at radius 3 is 2.60 bits per heavy atom. The Morgan fingerprint density at radius 1 is 1.28 bits per heavy atom. The van der Waals surface area contributed by atoms with Crippen molar-refractivity contribution in [2.75, 3.05) is 13.7 Å². The normalized spacial score (nSPS) is 13.3. The van der Waals surface area contributed by atoms with Crippen LogP contribution in [0, 0.1) is 5.92 Å². The first-order valence-corrected chi connectivity index (χ1v) is 8.78. The van der Waals surface area contributed by atoms with Crippen LogP contribution >= 0.6 is 0 Å². The molecule has 1 atom stereocenters. The zero-order valence-electron chi connectivity index (χ0n) is 15.6. The van der Waals surface area contributed by atoms with Crippen molar-refractivity contribution in [3.8, 4) is 5.75 Å². The maximum Gasteiger partial charge on any atom is 0.118 e. The maximum atomic E-state index is 8.99. The van der Waals surface area contributed by atoms with Crippen molar-refractivity contribution in [3.63, 3.8) is 0 Å². The second kappa shape index (κ2) is 8.81. The molecule has 5 heteroatoms. The third-order valence-electron chi connectivity index (χ3n) is 4.81. The lowest BCUT2D eigenvalue weighted by Gasteiger charge is -2.33. The fourth-order valence-electron chi connectivity index (χ4n) is 3.11. The van der Waals surface area contributed by atoms with Gasteiger partial charge in [-0.05, 0) is 42.4 Å². The zero-order valence-corrected chi connectivity index (χ0v) is 15.6. The Morgan fingerprint density at radius 2 is 2.00 bits per heavy atom. The highest BCUT2D eigenvalue weighted by molar-refractivity contribution is 5.32. The van der Waals surface area contributed by atoms with Gasteiger partial charge in [-0.15, -0.1) is 5.10 Å². The van der Waals surface area contributed by atoms with E-state index in [1.807, 2.05) is 23.0 Å². The maximum absolute atomic E-state index is 8.99. The second-order valence-electron chi connectivity index (χ2n) is 6.82. The summed E-state index contributed by atoms with van der Waals surface area (Å²) in [5.74, 6) is 1.25. The minimum absolute atomic E-state index is 0.00666. The highest BCUT2D eigenvalue weighted by Crippen LogP contribution is 2.36. The zero-order chi connectivity index (χ0) is 18.3. The minimum Gasteiger partial charge on any atom is -0.497 e. The van der Waals surface area contributed by atoms with Crippen LogP contribution < -0.4 is 4.74 Å². The number of aliphatic hydroxyl groups is 1. The van der Waals surface area contributed by atoms with Crippen molar-refractivity contribution in [1.82, 2.24) is 15.0 Å². The van der Waals surface area contributed by atoms with Crippen molar-refractivity contribution >= 4 is 0 Å². The first kappa shape index (κ1) is 19.2. The molecule has 0 aliphatic heterocycles. The number of ether oxygens (including phenoxy) is 1. The lowest BCUT2D eigenvalue weighted by atomic mass is 9.72. The first-order valence-electron chi connectivity index (χ1n) is 8.78. The van der Waals surface area contributed by atoms with Crippen LogP contribution in [0.1, 0.15) is 38.4 Å². The molecule has 0 aliphatic carbocycles. The molecule has 25 heavy (non-hydrogen) atoms. The summed E-state index contributed by atoms with van der Waals surface area (Å²) in [5, 5.41) is 17.2. The van der Waals surface area contributed by atoms with Crippen molar-refractivity contribution in [1.29, 1.82) is 0 Å². The third kappa shape index (κ3) is 4.92. The number of allylic oxidation sites excluding steroid dienone is 2. The number of aromatic nitrogens is 3. The van der Waals surface area contributed by atoms with E-state index >= 15 is 0 Å². The molecular weight excluding hydrogens is 314 g/mol. The van der Waals surface area contributed by atoms with Gasteiger partial charge in [-0.2, -0.15) is 0 Å². The number of benzene rings is 1. The average molecular weight is 343 g/mol. The average Bonchev–Trinajstić information content (AvgIpc) is 3.06. The number of aryl methyl sites for hydroxylation is 1. The van der Waals surface area contributed by atoms with Crippen LogP contribution in [0.2, 0.25) is 0 Å². The summed E-state index contributed by atoms with van der Waals surface area (Å²) < 4.78 is 7.13. The molecule has 5 nitrogen and oxygen atoms in total. The van der Waals surface area contributed by atoms with E-state index in [1.54, 1.807) is 7.11 Å². The number of nitrogens with zero attached hydrogens (tertiary/aromatic N) is 3. The number of rotatable bonds is 9. The fourth-order valence-corrected chi connectivity index (χ4v) is 3.11. The van der Waals surface area contributed by atoms with Crippen LogP contribution in [0.5, 0.6) is 5.75 Å². The monoisotopic (exact) mass is 343 g/mol. The van der Waals surface area contributed by atoms with E-state index in [0.717, 1.165) is 24.4 Å². The van der Waals surface area contributed by atoms with Gasteiger partial charge < -0.3 is 9.84 Å². The number of methoxy groups -OCH3 is 1. The molecule has 0 aliphatic rings. The summed E-state index contributed by atoms with van der Waals surface area (Å²) in [6.07, 6.45) is 7.83. The lowest BCUT2D eigenvalue weighted by Crippen LogP contribution is -2.28. The van der Waals surface area contributed by atoms with Crippen molar-refractivity contribution in [3.05, 3.63) is 53.9 Å². The van der Waals surface area contributed by atoms with Crippen LogP contribution in [0.3, 0.4) is 0 Å². The Kier molecular flexibility index (Phi) is 6.76. The highest BCUT2D eigenvalue weighted by Gasteiger charge is 2.29. The van der Waals surface area contributed by atoms with Crippen molar-refractivity contribution < 1.29 is 9.84 Å². The molecule has 0 fully saturated rings. The molecule has 0 bridgehead atoms. The fraction of sp³-hybridized carbons (Fsp3) is 0.500. The summed E-state index contributed by atoms with van der Waals surface area (Å²) in [7, 11) is 1.69. The van der Waals surface area contributed by atoms with Crippen LogP contribution in [0.15, 0.2) is 42.6 Å². The first-order chi connectivity index (χ1) is 12.0. The number of hydrogen-bond acceptors (Lipinski definition) is 4. The molecule has 1 aromatic carbocycles. The smallest absolute Gasteiger partial charge is 0.118 e. The van der Waals surface area contributed by atoms with Gasteiger partial charge in [0.2, 0.25) is 0 Å². The second-order valence-corrected chi connectivity index (χ2v) is 6.82. The molecule has 1 aromatic heterocycles. The summed E-state index contributed by atoms with van der Waals surface area (Å²) in [4.78, 5) is 0. The van der Waals surface area contributed by atoms with Crippen molar-refractivity contribution in [2.45, 2.75) is 45.6 Å². The summed E-state index contributed by atoms with van der Waals surface area (Å²) >= 11 is 0. The topological polar surface area (TPSA) is 60.2 Å². The van der Waals surface area contributed by atoms with Gasteiger partial charge >= 0.3 is 0 Å². The van der Waals surface area contributed by atoms with E-state index in [4.69, 9.17) is 9.84 Å². The van der Waals surface area contributed by atoms with E-state index in [9.17, 15) is 0 Å². The predicted molar refractivity (Wildman–Crippen MR) is 99.8 cm³/mol. The molecule has 0 spiro atoms.